The molecular weight excluding hydrogens is 408 g/mol. The molecule has 2 rings (SSSR count). The third kappa shape index (κ3) is 4.34. The van der Waals surface area contributed by atoms with Crippen molar-refractivity contribution >= 4 is 34.9 Å². The minimum absolute atomic E-state index is 0.0521. The molecule has 1 amide bonds. The Morgan fingerprint density at radius 3 is 2.36 bits per heavy atom. The summed E-state index contributed by atoms with van der Waals surface area (Å²) in [6.45, 7) is -0.240. The lowest BCUT2D eigenvalue weighted by molar-refractivity contribution is -0.126. The molecule has 6 nitrogen and oxygen atoms in total. The van der Waals surface area contributed by atoms with E-state index in [1.165, 1.54) is 19.2 Å². The molecule has 0 aromatic heterocycles. The lowest BCUT2D eigenvalue weighted by Crippen LogP contribution is -2.28. The van der Waals surface area contributed by atoms with Crippen molar-refractivity contribution in [3.8, 4) is 17.9 Å². The Labute approximate surface area is 169 Å². The van der Waals surface area contributed by atoms with Gasteiger partial charge in [0.15, 0.2) is 11.3 Å². The van der Waals surface area contributed by atoms with E-state index in [0.29, 0.717) is 0 Å². The summed E-state index contributed by atoms with van der Waals surface area (Å²) in [5.41, 5.74) is -0.396. The maximum atomic E-state index is 13.9. The fourth-order valence-corrected chi connectivity index (χ4v) is 2.82. The van der Waals surface area contributed by atoms with Crippen molar-refractivity contribution in [3.63, 3.8) is 0 Å². The van der Waals surface area contributed by atoms with Gasteiger partial charge in [0.05, 0.1) is 21.7 Å². The molecule has 0 bridgehead atoms. The molecular formula is C19H12Cl2FN3O3. The lowest BCUT2D eigenvalue weighted by atomic mass is 10.1. The quantitative estimate of drug-likeness (QED) is 0.439. The molecule has 2 aromatic rings. The molecule has 9 heteroatoms. The molecule has 0 spiro atoms. The van der Waals surface area contributed by atoms with Gasteiger partial charge in [-0.15, -0.1) is 0 Å². The Hall–Kier alpha value is -3.26. The Morgan fingerprint density at radius 2 is 1.82 bits per heavy atom. The van der Waals surface area contributed by atoms with E-state index in [9.17, 15) is 24.7 Å². The third-order valence-corrected chi connectivity index (χ3v) is 4.36. The number of carbonyl (C=O) groups excluding carboxylic acids is 1. The standard InChI is InChI=1S/C19H12Cl2FN3O3/c1-25(9-12-4-10(7-23)2-3-16(12)22)19(28)13(8-24)17(26)11-5-14(20)18(27)15(21)6-11/h2-6,26-27H,9H2,1H3/b17-13-. The molecule has 0 heterocycles. The van der Waals surface area contributed by atoms with Gasteiger partial charge in [-0.05, 0) is 30.3 Å². The monoisotopic (exact) mass is 419 g/mol. The molecule has 0 atom stereocenters. The number of amides is 1. The van der Waals surface area contributed by atoms with E-state index in [2.05, 4.69) is 0 Å². The van der Waals surface area contributed by atoms with Crippen LogP contribution in [0.25, 0.3) is 5.76 Å². The average Bonchev–Trinajstić information content (AvgIpc) is 2.67. The number of nitriles is 2. The first-order valence-corrected chi connectivity index (χ1v) is 8.40. The zero-order chi connectivity index (χ0) is 21.0. The van der Waals surface area contributed by atoms with Crippen molar-refractivity contribution in [1.29, 1.82) is 10.5 Å². The summed E-state index contributed by atoms with van der Waals surface area (Å²) >= 11 is 11.6. The van der Waals surface area contributed by atoms with E-state index < -0.39 is 28.8 Å². The van der Waals surface area contributed by atoms with E-state index in [0.717, 1.165) is 23.1 Å². The van der Waals surface area contributed by atoms with Crippen molar-refractivity contribution in [2.24, 2.45) is 0 Å². The van der Waals surface area contributed by atoms with Crippen LogP contribution in [-0.4, -0.2) is 28.1 Å². The van der Waals surface area contributed by atoms with Crippen LogP contribution in [0.4, 0.5) is 4.39 Å². The molecule has 0 aliphatic heterocycles. The number of nitrogens with zero attached hydrogens (tertiary/aromatic N) is 3. The zero-order valence-corrected chi connectivity index (χ0v) is 15.9. The lowest BCUT2D eigenvalue weighted by Gasteiger charge is -2.18. The van der Waals surface area contributed by atoms with Crippen LogP contribution in [0.15, 0.2) is 35.9 Å². The first kappa shape index (κ1) is 21.0. The molecule has 0 aliphatic rings. The summed E-state index contributed by atoms with van der Waals surface area (Å²) in [7, 11) is 1.31. The van der Waals surface area contributed by atoms with Crippen LogP contribution in [0, 0.1) is 28.5 Å². The van der Waals surface area contributed by atoms with Crippen molar-refractivity contribution in [2.75, 3.05) is 7.05 Å². The van der Waals surface area contributed by atoms with Gasteiger partial charge in [-0.2, -0.15) is 10.5 Å². The van der Waals surface area contributed by atoms with Gasteiger partial charge in [0.1, 0.15) is 17.6 Å². The molecule has 0 aliphatic carbocycles. The topological polar surface area (TPSA) is 108 Å². The van der Waals surface area contributed by atoms with E-state index in [1.54, 1.807) is 6.07 Å². The van der Waals surface area contributed by atoms with Crippen molar-refractivity contribution in [2.45, 2.75) is 6.54 Å². The van der Waals surface area contributed by atoms with Gasteiger partial charge in [0.2, 0.25) is 0 Å². The smallest absolute Gasteiger partial charge is 0.268 e. The Kier molecular flexibility index (Phi) is 6.48. The highest BCUT2D eigenvalue weighted by Crippen LogP contribution is 2.35. The zero-order valence-electron chi connectivity index (χ0n) is 14.4. The van der Waals surface area contributed by atoms with Gasteiger partial charge in [0.25, 0.3) is 5.91 Å². The van der Waals surface area contributed by atoms with Gasteiger partial charge < -0.3 is 15.1 Å². The molecule has 0 saturated carbocycles. The fourth-order valence-electron chi connectivity index (χ4n) is 2.33. The molecule has 0 fully saturated rings. The number of likely N-dealkylation sites (N-methyl/N-ethyl adjacent to an activating group) is 1. The van der Waals surface area contributed by atoms with Crippen LogP contribution in [0.5, 0.6) is 5.75 Å². The Morgan fingerprint density at radius 1 is 1.21 bits per heavy atom. The van der Waals surface area contributed by atoms with Crippen LogP contribution in [-0.2, 0) is 11.3 Å². The van der Waals surface area contributed by atoms with Gasteiger partial charge >= 0.3 is 0 Å². The predicted octanol–water partition coefficient (Wildman–Crippen LogP) is 4.16. The second kappa shape index (κ2) is 8.62. The number of hydrogen-bond donors (Lipinski definition) is 2. The maximum absolute atomic E-state index is 13.9. The van der Waals surface area contributed by atoms with Gasteiger partial charge in [0, 0.05) is 24.7 Å². The molecule has 2 N–H and O–H groups in total. The summed E-state index contributed by atoms with van der Waals surface area (Å²) in [5.74, 6) is -2.62. The van der Waals surface area contributed by atoms with Crippen molar-refractivity contribution in [3.05, 3.63) is 68.5 Å². The largest absolute Gasteiger partial charge is 0.506 e. The molecule has 0 saturated heterocycles. The highest BCUT2D eigenvalue weighted by Gasteiger charge is 2.22. The number of halogens is 3. The Bertz CT molecular complexity index is 1050. The number of aliphatic hydroxyl groups is 1. The number of carbonyl (C=O) groups is 1. The number of aromatic hydroxyl groups is 1. The summed E-state index contributed by atoms with van der Waals surface area (Å²) in [4.78, 5) is 13.6. The first-order valence-electron chi connectivity index (χ1n) is 7.65. The van der Waals surface area contributed by atoms with Gasteiger partial charge in [-0.3, -0.25) is 4.79 Å². The average molecular weight is 420 g/mol. The summed E-state index contributed by atoms with van der Waals surface area (Å²) in [5, 5.41) is 37.8. The minimum atomic E-state index is -0.887. The van der Waals surface area contributed by atoms with Crippen LogP contribution < -0.4 is 0 Å². The third-order valence-electron chi connectivity index (χ3n) is 3.78. The summed E-state index contributed by atoms with van der Waals surface area (Å²) in [6.07, 6.45) is 0. The van der Waals surface area contributed by atoms with E-state index in [-0.39, 0.29) is 33.3 Å². The molecule has 28 heavy (non-hydrogen) atoms. The number of rotatable bonds is 4. The summed E-state index contributed by atoms with van der Waals surface area (Å²) in [6, 6.07) is 9.43. The van der Waals surface area contributed by atoms with Crippen LogP contribution in [0.1, 0.15) is 16.7 Å². The number of benzene rings is 2. The SMILES string of the molecule is CN(Cc1cc(C#N)ccc1F)C(=O)/C(C#N)=C(\O)c1cc(Cl)c(O)c(Cl)c1. The first-order chi connectivity index (χ1) is 13.2. The predicted molar refractivity (Wildman–Crippen MR) is 101 cm³/mol. The number of hydrogen-bond acceptors (Lipinski definition) is 5. The highest BCUT2D eigenvalue weighted by molar-refractivity contribution is 6.37. The van der Waals surface area contributed by atoms with Crippen LogP contribution in [0.2, 0.25) is 10.0 Å². The second-order valence-electron chi connectivity index (χ2n) is 5.70. The van der Waals surface area contributed by atoms with Gasteiger partial charge in [-0.25, -0.2) is 4.39 Å². The number of aliphatic hydroxyl groups excluding tert-OH is 1. The molecule has 0 unspecified atom stereocenters. The van der Waals surface area contributed by atoms with Crippen molar-refractivity contribution < 1.29 is 19.4 Å². The summed E-state index contributed by atoms with van der Waals surface area (Å²) < 4.78 is 13.9. The minimum Gasteiger partial charge on any atom is -0.506 e. The van der Waals surface area contributed by atoms with Crippen LogP contribution in [0.3, 0.4) is 0 Å². The van der Waals surface area contributed by atoms with E-state index in [4.69, 9.17) is 28.5 Å². The second-order valence-corrected chi connectivity index (χ2v) is 6.52. The molecule has 0 radical (unpaired) electrons. The highest BCUT2D eigenvalue weighted by atomic mass is 35.5. The van der Waals surface area contributed by atoms with Crippen molar-refractivity contribution in [1.82, 2.24) is 4.90 Å². The molecule has 2 aromatic carbocycles. The van der Waals surface area contributed by atoms with Gasteiger partial charge in [-0.1, -0.05) is 23.2 Å². The fraction of sp³-hybridized carbons (Fsp3) is 0.105. The number of phenolic OH excluding ortho intramolecular Hbond substituents is 1. The molecule has 142 valence electrons. The number of phenols is 1. The van der Waals surface area contributed by atoms with E-state index in [1.807, 2.05) is 6.07 Å². The maximum Gasteiger partial charge on any atom is 0.268 e. The normalized spacial score (nSPS) is 11.2. The van der Waals surface area contributed by atoms with E-state index >= 15 is 0 Å². The van der Waals surface area contributed by atoms with Crippen LogP contribution >= 0.6 is 23.2 Å². The Balaban J connectivity index is 2.38.